The van der Waals surface area contributed by atoms with E-state index in [9.17, 15) is 9.59 Å². The van der Waals surface area contributed by atoms with Gasteiger partial charge < -0.3 is 14.5 Å². The molecule has 7 heteroatoms. The van der Waals surface area contributed by atoms with Gasteiger partial charge in [-0.25, -0.2) is 4.98 Å². The number of esters is 1. The molecule has 1 aromatic rings. The molecule has 1 aliphatic heterocycles. The Hall–Kier alpha value is -1.82. The molecule has 1 aromatic heterocycles. The lowest BCUT2D eigenvalue weighted by Gasteiger charge is -2.36. The highest BCUT2D eigenvalue weighted by atomic mass is 35.5. The van der Waals surface area contributed by atoms with E-state index in [4.69, 9.17) is 16.3 Å². The van der Waals surface area contributed by atoms with Gasteiger partial charge in [-0.15, -0.1) is 0 Å². The molecule has 25 heavy (non-hydrogen) atoms. The highest BCUT2D eigenvalue weighted by Gasteiger charge is 2.30. The highest BCUT2D eigenvalue weighted by Crippen LogP contribution is 2.21. The van der Waals surface area contributed by atoms with Crippen molar-refractivity contribution in [3.63, 3.8) is 0 Å². The van der Waals surface area contributed by atoms with Crippen LogP contribution in [0.5, 0.6) is 0 Å². The molecule has 0 aromatic carbocycles. The van der Waals surface area contributed by atoms with Crippen molar-refractivity contribution in [1.82, 2.24) is 9.88 Å². The molecule has 0 N–H and O–H groups in total. The van der Waals surface area contributed by atoms with E-state index in [1.165, 1.54) is 6.20 Å². The number of likely N-dealkylation sites (tertiary alicyclic amines) is 1. The second-order valence-electron chi connectivity index (χ2n) is 6.41. The van der Waals surface area contributed by atoms with Crippen LogP contribution in [0.3, 0.4) is 0 Å². The Morgan fingerprint density at radius 2 is 2.20 bits per heavy atom. The van der Waals surface area contributed by atoms with E-state index >= 15 is 0 Å². The molecule has 2 heterocycles. The lowest BCUT2D eigenvalue weighted by Crippen LogP contribution is -2.48. The Morgan fingerprint density at radius 1 is 1.44 bits per heavy atom. The SMILES string of the molecule is CCC1CCCCN1C(=O)C(C)OC(=O)CN(C)c1ccc(Cl)cn1. The van der Waals surface area contributed by atoms with Gasteiger partial charge in [-0.3, -0.25) is 9.59 Å². The van der Waals surface area contributed by atoms with Crippen molar-refractivity contribution in [2.45, 2.75) is 51.7 Å². The molecule has 0 radical (unpaired) electrons. The molecule has 0 bridgehead atoms. The van der Waals surface area contributed by atoms with E-state index in [0.29, 0.717) is 10.8 Å². The second-order valence-corrected chi connectivity index (χ2v) is 6.85. The van der Waals surface area contributed by atoms with E-state index in [1.54, 1.807) is 31.0 Å². The second kappa shape index (κ2) is 9.04. The van der Waals surface area contributed by atoms with E-state index < -0.39 is 12.1 Å². The predicted octanol–water partition coefficient (Wildman–Crippen LogP) is 2.89. The van der Waals surface area contributed by atoms with Gasteiger partial charge >= 0.3 is 5.97 Å². The molecule has 1 amide bonds. The molecular weight excluding hydrogens is 342 g/mol. The first-order valence-corrected chi connectivity index (χ1v) is 9.12. The summed E-state index contributed by atoms with van der Waals surface area (Å²) in [6.45, 7) is 4.49. The number of anilines is 1. The number of hydrogen-bond donors (Lipinski definition) is 0. The molecule has 1 saturated heterocycles. The zero-order chi connectivity index (χ0) is 18.4. The Labute approximate surface area is 154 Å². The average Bonchev–Trinajstić information content (AvgIpc) is 2.61. The first-order valence-electron chi connectivity index (χ1n) is 8.75. The van der Waals surface area contributed by atoms with Gasteiger partial charge in [0.15, 0.2) is 6.10 Å². The van der Waals surface area contributed by atoms with Crippen LogP contribution in [0.15, 0.2) is 18.3 Å². The molecule has 2 unspecified atom stereocenters. The van der Waals surface area contributed by atoms with Gasteiger partial charge in [-0.05, 0) is 44.7 Å². The number of piperidine rings is 1. The molecule has 1 fully saturated rings. The maximum atomic E-state index is 12.6. The number of carbonyl (C=O) groups excluding carboxylic acids is 2. The quantitative estimate of drug-likeness (QED) is 0.723. The van der Waals surface area contributed by atoms with Crippen LogP contribution in [0.4, 0.5) is 5.82 Å². The lowest BCUT2D eigenvalue weighted by atomic mass is 9.99. The standard InChI is InChI=1S/C18H26ClN3O3/c1-4-15-7-5-6-10-22(15)18(24)13(2)25-17(23)12-21(3)16-9-8-14(19)11-20-16/h8-9,11,13,15H,4-7,10,12H2,1-3H3. The van der Waals surface area contributed by atoms with Gasteiger partial charge in [0, 0.05) is 25.8 Å². The molecule has 1 aliphatic rings. The molecule has 2 rings (SSSR count). The normalized spacial score (nSPS) is 18.6. The fourth-order valence-corrected chi connectivity index (χ4v) is 3.21. The van der Waals surface area contributed by atoms with Crippen molar-refractivity contribution in [3.05, 3.63) is 23.4 Å². The summed E-state index contributed by atoms with van der Waals surface area (Å²) in [6, 6.07) is 3.69. The van der Waals surface area contributed by atoms with Crippen LogP contribution in [-0.2, 0) is 14.3 Å². The minimum atomic E-state index is -0.772. The summed E-state index contributed by atoms with van der Waals surface area (Å²) in [7, 11) is 1.74. The fraction of sp³-hybridized carbons (Fsp3) is 0.611. The number of carbonyl (C=O) groups is 2. The van der Waals surface area contributed by atoms with Crippen LogP contribution in [0.2, 0.25) is 5.02 Å². The van der Waals surface area contributed by atoms with Crippen molar-refractivity contribution in [3.8, 4) is 0 Å². The van der Waals surface area contributed by atoms with Gasteiger partial charge in [-0.2, -0.15) is 0 Å². The van der Waals surface area contributed by atoms with Gasteiger partial charge in [0.1, 0.15) is 12.4 Å². The van der Waals surface area contributed by atoms with E-state index in [1.807, 2.05) is 4.90 Å². The summed E-state index contributed by atoms with van der Waals surface area (Å²) < 4.78 is 5.35. The Balaban J connectivity index is 1.88. The van der Waals surface area contributed by atoms with Gasteiger partial charge in [0.05, 0.1) is 5.02 Å². The molecule has 2 atom stereocenters. The first kappa shape index (κ1) is 19.5. The van der Waals surface area contributed by atoms with Crippen LogP contribution >= 0.6 is 11.6 Å². The average molecular weight is 368 g/mol. The number of rotatable bonds is 6. The Bertz CT molecular complexity index is 594. The summed E-state index contributed by atoms with van der Waals surface area (Å²) in [5.41, 5.74) is 0. The van der Waals surface area contributed by atoms with Gasteiger partial charge in [0.2, 0.25) is 0 Å². The number of nitrogens with zero attached hydrogens (tertiary/aromatic N) is 3. The van der Waals surface area contributed by atoms with Crippen LogP contribution in [0.25, 0.3) is 0 Å². The fourth-order valence-electron chi connectivity index (χ4n) is 3.10. The number of hydrogen-bond acceptors (Lipinski definition) is 5. The topological polar surface area (TPSA) is 62.7 Å². The third-order valence-electron chi connectivity index (χ3n) is 4.51. The minimum Gasteiger partial charge on any atom is -0.451 e. The predicted molar refractivity (Wildman–Crippen MR) is 97.7 cm³/mol. The summed E-state index contributed by atoms with van der Waals surface area (Å²) in [4.78, 5) is 32.4. The summed E-state index contributed by atoms with van der Waals surface area (Å²) in [5.74, 6) is 0.0553. The summed E-state index contributed by atoms with van der Waals surface area (Å²) >= 11 is 5.81. The summed E-state index contributed by atoms with van der Waals surface area (Å²) in [5, 5.41) is 0.533. The minimum absolute atomic E-state index is 0.0173. The van der Waals surface area contributed by atoms with Crippen molar-refractivity contribution in [2.24, 2.45) is 0 Å². The van der Waals surface area contributed by atoms with Gasteiger partial charge in [-0.1, -0.05) is 18.5 Å². The van der Waals surface area contributed by atoms with Gasteiger partial charge in [0.25, 0.3) is 5.91 Å². The van der Waals surface area contributed by atoms with Crippen LogP contribution in [0, 0.1) is 0 Å². The largest absolute Gasteiger partial charge is 0.451 e. The Kier molecular flexibility index (Phi) is 7.05. The highest BCUT2D eigenvalue weighted by molar-refractivity contribution is 6.30. The third-order valence-corrected chi connectivity index (χ3v) is 4.73. The summed E-state index contributed by atoms with van der Waals surface area (Å²) in [6.07, 6.45) is 4.85. The molecule has 0 spiro atoms. The number of pyridine rings is 1. The van der Waals surface area contributed by atoms with Crippen LogP contribution < -0.4 is 4.90 Å². The van der Waals surface area contributed by atoms with Crippen molar-refractivity contribution < 1.29 is 14.3 Å². The van der Waals surface area contributed by atoms with Crippen molar-refractivity contribution in [1.29, 1.82) is 0 Å². The number of likely N-dealkylation sites (N-methyl/N-ethyl adjacent to an activating group) is 1. The molecule has 6 nitrogen and oxygen atoms in total. The number of halogens is 1. The van der Waals surface area contributed by atoms with E-state index in [-0.39, 0.29) is 18.5 Å². The lowest BCUT2D eigenvalue weighted by molar-refractivity contribution is -0.159. The monoisotopic (exact) mass is 367 g/mol. The zero-order valence-corrected chi connectivity index (χ0v) is 15.8. The Morgan fingerprint density at radius 3 is 2.84 bits per heavy atom. The van der Waals surface area contributed by atoms with Crippen LogP contribution in [0.1, 0.15) is 39.5 Å². The number of amides is 1. The molecule has 0 saturated carbocycles. The number of ether oxygens (including phenoxy) is 1. The molecule has 0 aliphatic carbocycles. The van der Waals surface area contributed by atoms with Crippen molar-refractivity contribution >= 4 is 29.3 Å². The molecular formula is C18H26ClN3O3. The van der Waals surface area contributed by atoms with E-state index in [0.717, 1.165) is 32.2 Å². The van der Waals surface area contributed by atoms with Crippen molar-refractivity contribution in [2.75, 3.05) is 25.0 Å². The molecule has 138 valence electrons. The third kappa shape index (κ3) is 5.33. The first-order chi connectivity index (χ1) is 11.9. The zero-order valence-electron chi connectivity index (χ0n) is 15.1. The smallest absolute Gasteiger partial charge is 0.326 e. The maximum Gasteiger partial charge on any atom is 0.326 e. The number of aromatic nitrogens is 1. The van der Waals surface area contributed by atoms with Crippen LogP contribution in [-0.4, -0.2) is 54.0 Å². The van der Waals surface area contributed by atoms with E-state index in [2.05, 4.69) is 11.9 Å². The maximum absolute atomic E-state index is 12.6.